The standard InChI is InChI=1S/C13H19O5P/c1-10(2)16-13(14)11(3)17-19(4,15)18-12-8-6-5-7-9-12/h5-11H,1-4H3. The highest BCUT2D eigenvalue weighted by atomic mass is 31.2. The van der Waals surface area contributed by atoms with Crippen LogP contribution in [0.1, 0.15) is 20.8 Å². The summed E-state index contributed by atoms with van der Waals surface area (Å²) in [6.07, 6.45) is -1.19. The first-order valence-electron chi connectivity index (χ1n) is 6.01. The van der Waals surface area contributed by atoms with E-state index in [2.05, 4.69) is 0 Å². The van der Waals surface area contributed by atoms with Crippen molar-refractivity contribution >= 4 is 13.6 Å². The third kappa shape index (κ3) is 5.90. The Bertz CT molecular complexity index is 457. The molecule has 6 heteroatoms. The molecular weight excluding hydrogens is 267 g/mol. The van der Waals surface area contributed by atoms with Crippen LogP contribution in [0.2, 0.25) is 0 Å². The van der Waals surface area contributed by atoms with E-state index in [0.717, 1.165) is 0 Å². The van der Waals surface area contributed by atoms with Gasteiger partial charge >= 0.3 is 13.6 Å². The van der Waals surface area contributed by atoms with Gasteiger partial charge in [-0.25, -0.2) is 9.36 Å². The summed E-state index contributed by atoms with van der Waals surface area (Å²) in [4.78, 5) is 11.6. The Morgan fingerprint density at radius 2 is 1.74 bits per heavy atom. The molecular formula is C13H19O5P. The lowest BCUT2D eigenvalue weighted by Crippen LogP contribution is -2.25. The Hall–Kier alpha value is -1.32. The van der Waals surface area contributed by atoms with Gasteiger partial charge < -0.3 is 9.26 Å². The van der Waals surface area contributed by atoms with Crippen LogP contribution in [0.25, 0.3) is 0 Å². The van der Waals surface area contributed by atoms with E-state index in [1.54, 1.807) is 38.1 Å². The maximum Gasteiger partial charge on any atom is 0.376 e. The number of benzene rings is 1. The number of carbonyl (C=O) groups is 1. The maximum absolute atomic E-state index is 12.1. The van der Waals surface area contributed by atoms with Crippen LogP contribution >= 0.6 is 7.60 Å². The Balaban J connectivity index is 2.59. The fourth-order valence-corrected chi connectivity index (χ4v) is 2.56. The fourth-order valence-electron chi connectivity index (χ4n) is 1.35. The van der Waals surface area contributed by atoms with Crippen molar-refractivity contribution in [3.05, 3.63) is 30.3 Å². The summed E-state index contributed by atoms with van der Waals surface area (Å²) in [6.45, 7) is 6.27. The molecule has 0 amide bonds. The van der Waals surface area contributed by atoms with Gasteiger partial charge in [-0.1, -0.05) is 18.2 Å². The molecule has 5 nitrogen and oxygen atoms in total. The number of ether oxygens (including phenoxy) is 1. The van der Waals surface area contributed by atoms with Crippen molar-refractivity contribution in [2.24, 2.45) is 0 Å². The van der Waals surface area contributed by atoms with Gasteiger partial charge in [-0.15, -0.1) is 0 Å². The van der Waals surface area contributed by atoms with E-state index in [4.69, 9.17) is 13.8 Å². The summed E-state index contributed by atoms with van der Waals surface area (Å²) in [7, 11) is -3.37. The van der Waals surface area contributed by atoms with Crippen LogP contribution in [0.15, 0.2) is 30.3 Å². The Kier molecular flexibility index (Phi) is 5.58. The first-order chi connectivity index (χ1) is 8.80. The van der Waals surface area contributed by atoms with Crippen molar-refractivity contribution in [2.45, 2.75) is 33.0 Å². The van der Waals surface area contributed by atoms with E-state index in [1.807, 2.05) is 6.07 Å². The molecule has 0 aromatic heterocycles. The zero-order valence-electron chi connectivity index (χ0n) is 11.5. The van der Waals surface area contributed by atoms with Crippen molar-refractivity contribution in [1.29, 1.82) is 0 Å². The summed E-state index contributed by atoms with van der Waals surface area (Å²) in [5, 5.41) is 0. The molecule has 2 atom stereocenters. The van der Waals surface area contributed by atoms with Gasteiger partial charge in [0, 0.05) is 6.66 Å². The van der Waals surface area contributed by atoms with Gasteiger partial charge in [0.15, 0.2) is 6.10 Å². The van der Waals surface area contributed by atoms with E-state index in [-0.39, 0.29) is 6.10 Å². The smallest absolute Gasteiger partial charge is 0.376 e. The number of para-hydroxylation sites is 1. The van der Waals surface area contributed by atoms with Crippen molar-refractivity contribution in [1.82, 2.24) is 0 Å². The number of hydrogen-bond acceptors (Lipinski definition) is 5. The minimum absolute atomic E-state index is 0.246. The molecule has 0 aliphatic rings. The van der Waals surface area contributed by atoms with Gasteiger partial charge in [-0.3, -0.25) is 4.52 Å². The van der Waals surface area contributed by atoms with Crippen molar-refractivity contribution in [3.8, 4) is 5.75 Å². The molecule has 0 aliphatic heterocycles. The zero-order valence-corrected chi connectivity index (χ0v) is 12.4. The predicted octanol–water partition coefficient (Wildman–Crippen LogP) is 3.25. The number of carbonyl (C=O) groups excluding carboxylic acids is 1. The first-order valence-corrected chi connectivity index (χ1v) is 8.00. The average molecular weight is 286 g/mol. The van der Waals surface area contributed by atoms with Crippen molar-refractivity contribution in [2.75, 3.05) is 6.66 Å². The van der Waals surface area contributed by atoms with E-state index in [1.165, 1.54) is 13.6 Å². The Morgan fingerprint density at radius 3 is 2.26 bits per heavy atom. The second-order valence-corrected chi connectivity index (χ2v) is 6.34. The molecule has 1 aromatic carbocycles. The van der Waals surface area contributed by atoms with Crippen LogP contribution in [0.3, 0.4) is 0 Å². The lowest BCUT2D eigenvalue weighted by molar-refractivity contribution is -0.155. The molecule has 0 radical (unpaired) electrons. The lowest BCUT2D eigenvalue weighted by atomic mass is 10.3. The van der Waals surface area contributed by atoms with E-state index >= 15 is 0 Å². The van der Waals surface area contributed by atoms with Gasteiger partial charge in [-0.05, 0) is 32.9 Å². The largest absolute Gasteiger partial charge is 0.461 e. The molecule has 0 saturated carbocycles. The second kappa shape index (κ2) is 6.73. The average Bonchev–Trinajstić information content (AvgIpc) is 2.27. The lowest BCUT2D eigenvalue weighted by Gasteiger charge is -2.19. The molecule has 0 heterocycles. The Morgan fingerprint density at radius 1 is 1.16 bits per heavy atom. The van der Waals surface area contributed by atoms with Crippen LogP contribution in [-0.4, -0.2) is 24.8 Å². The monoisotopic (exact) mass is 286 g/mol. The summed E-state index contributed by atoms with van der Waals surface area (Å²) in [6, 6.07) is 8.65. The molecule has 0 N–H and O–H groups in total. The van der Waals surface area contributed by atoms with E-state index in [9.17, 15) is 9.36 Å². The third-order valence-electron chi connectivity index (χ3n) is 2.05. The van der Waals surface area contributed by atoms with Gasteiger partial charge in [0.25, 0.3) is 0 Å². The topological polar surface area (TPSA) is 61.8 Å². The fraction of sp³-hybridized carbons (Fsp3) is 0.462. The number of rotatable bonds is 6. The highest BCUT2D eigenvalue weighted by Gasteiger charge is 2.27. The van der Waals surface area contributed by atoms with Crippen LogP contribution in [-0.2, 0) is 18.6 Å². The van der Waals surface area contributed by atoms with Crippen LogP contribution in [0.5, 0.6) is 5.75 Å². The quantitative estimate of drug-likeness (QED) is 0.593. The maximum atomic E-state index is 12.1. The number of hydrogen-bond donors (Lipinski definition) is 0. The van der Waals surface area contributed by atoms with Gasteiger partial charge in [0.05, 0.1) is 6.10 Å². The van der Waals surface area contributed by atoms with Gasteiger partial charge in [0.1, 0.15) is 5.75 Å². The highest BCUT2D eigenvalue weighted by Crippen LogP contribution is 2.45. The summed E-state index contributed by atoms with van der Waals surface area (Å²) < 4.78 is 27.5. The highest BCUT2D eigenvalue weighted by molar-refractivity contribution is 7.53. The van der Waals surface area contributed by atoms with Crippen molar-refractivity contribution in [3.63, 3.8) is 0 Å². The van der Waals surface area contributed by atoms with E-state index in [0.29, 0.717) is 5.75 Å². The molecule has 0 fully saturated rings. The van der Waals surface area contributed by atoms with Crippen LogP contribution in [0.4, 0.5) is 0 Å². The molecule has 0 aliphatic carbocycles. The predicted molar refractivity (Wildman–Crippen MR) is 72.4 cm³/mol. The summed E-state index contributed by atoms with van der Waals surface area (Å²) >= 11 is 0. The molecule has 0 spiro atoms. The second-order valence-electron chi connectivity index (χ2n) is 4.41. The molecule has 1 aromatic rings. The van der Waals surface area contributed by atoms with Crippen LogP contribution in [0, 0.1) is 0 Å². The molecule has 2 unspecified atom stereocenters. The van der Waals surface area contributed by atoms with Crippen molar-refractivity contribution < 1.29 is 23.1 Å². The minimum atomic E-state index is -3.37. The Labute approximate surface area is 113 Å². The third-order valence-corrected chi connectivity index (χ3v) is 3.29. The summed E-state index contributed by atoms with van der Waals surface area (Å²) in [5.74, 6) is -0.133. The molecule has 1 rings (SSSR count). The SMILES string of the molecule is CC(C)OC(=O)C(C)OP(C)(=O)Oc1ccccc1. The zero-order chi connectivity index (χ0) is 14.5. The number of esters is 1. The van der Waals surface area contributed by atoms with Gasteiger partial charge in [-0.2, -0.15) is 0 Å². The summed E-state index contributed by atoms with van der Waals surface area (Å²) in [5.41, 5.74) is 0. The molecule has 0 saturated heterocycles. The molecule has 0 bridgehead atoms. The van der Waals surface area contributed by atoms with E-state index < -0.39 is 19.7 Å². The minimum Gasteiger partial charge on any atom is -0.461 e. The van der Waals surface area contributed by atoms with Crippen LogP contribution < -0.4 is 4.52 Å². The van der Waals surface area contributed by atoms with Gasteiger partial charge in [0.2, 0.25) is 0 Å². The first kappa shape index (κ1) is 15.7. The normalized spacial score (nSPS) is 15.6. The molecule has 106 valence electrons. The molecule has 19 heavy (non-hydrogen) atoms.